The van der Waals surface area contributed by atoms with Crippen LogP contribution in [-0.4, -0.2) is 5.38 Å². The van der Waals surface area contributed by atoms with Gasteiger partial charge in [0.15, 0.2) is 0 Å². The third kappa shape index (κ3) is 4.10. The molecule has 78 valence electrons. The standard InChI is InChI=1S/C12H16ClF/c1-2-3-6-11(13)8-10-5-4-7-12(14)9-10/h4-5,7,9,11H,2-3,6,8H2,1H3. The molecule has 1 unspecified atom stereocenters. The molecule has 0 radical (unpaired) electrons. The number of alkyl halides is 1. The fraction of sp³-hybridized carbons (Fsp3) is 0.500. The van der Waals surface area contributed by atoms with E-state index in [-0.39, 0.29) is 11.2 Å². The molecule has 1 aromatic carbocycles. The van der Waals surface area contributed by atoms with E-state index in [4.69, 9.17) is 11.6 Å². The Morgan fingerprint density at radius 2 is 2.21 bits per heavy atom. The van der Waals surface area contributed by atoms with Gasteiger partial charge in [-0.15, -0.1) is 11.6 Å². The maximum absolute atomic E-state index is 12.8. The molecule has 1 aromatic rings. The van der Waals surface area contributed by atoms with Crippen LogP contribution in [0.3, 0.4) is 0 Å². The van der Waals surface area contributed by atoms with Gasteiger partial charge in [0.1, 0.15) is 5.82 Å². The summed E-state index contributed by atoms with van der Waals surface area (Å²) in [6.45, 7) is 2.14. The van der Waals surface area contributed by atoms with Gasteiger partial charge in [0.05, 0.1) is 0 Å². The molecule has 0 saturated heterocycles. The summed E-state index contributed by atoms with van der Waals surface area (Å²) in [7, 11) is 0. The minimum Gasteiger partial charge on any atom is -0.207 e. The molecular formula is C12H16ClF. The molecule has 0 saturated carbocycles. The third-order valence-electron chi connectivity index (χ3n) is 2.22. The second kappa shape index (κ2) is 6.02. The van der Waals surface area contributed by atoms with E-state index in [0.717, 1.165) is 31.2 Å². The van der Waals surface area contributed by atoms with Gasteiger partial charge in [-0.1, -0.05) is 31.9 Å². The lowest BCUT2D eigenvalue weighted by atomic mass is 10.1. The first kappa shape index (κ1) is 11.5. The monoisotopic (exact) mass is 214 g/mol. The molecule has 0 aliphatic rings. The molecule has 1 rings (SSSR count). The Balaban J connectivity index is 2.43. The summed E-state index contributed by atoms with van der Waals surface area (Å²) >= 11 is 6.12. The Kier molecular flexibility index (Phi) is 4.95. The molecule has 0 aromatic heterocycles. The Morgan fingerprint density at radius 1 is 1.43 bits per heavy atom. The summed E-state index contributed by atoms with van der Waals surface area (Å²) in [6.07, 6.45) is 4.07. The van der Waals surface area contributed by atoms with Gasteiger partial charge in [-0.2, -0.15) is 0 Å². The minimum atomic E-state index is -0.179. The summed E-state index contributed by atoms with van der Waals surface area (Å²) in [5.41, 5.74) is 0.987. The molecule has 0 bridgehead atoms. The lowest BCUT2D eigenvalue weighted by Gasteiger charge is -2.08. The smallest absolute Gasteiger partial charge is 0.123 e. The molecular weight excluding hydrogens is 199 g/mol. The highest BCUT2D eigenvalue weighted by Gasteiger charge is 2.05. The predicted octanol–water partition coefficient (Wildman–Crippen LogP) is 4.17. The summed E-state index contributed by atoms with van der Waals surface area (Å²) in [5.74, 6) is -0.179. The maximum Gasteiger partial charge on any atom is 0.123 e. The summed E-state index contributed by atoms with van der Waals surface area (Å²) in [4.78, 5) is 0. The van der Waals surface area contributed by atoms with E-state index in [2.05, 4.69) is 6.92 Å². The molecule has 1 atom stereocenters. The molecule has 0 heterocycles. The van der Waals surface area contributed by atoms with Crippen molar-refractivity contribution in [3.63, 3.8) is 0 Å². The fourth-order valence-corrected chi connectivity index (χ4v) is 1.78. The predicted molar refractivity (Wildman–Crippen MR) is 59.3 cm³/mol. The molecule has 0 aliphatic heterocycles. The molecule has 0 nitrogen and oxygen atoms in total. The van der Waals surface area contributed by atoms with Crippen LogP contribution < -0.4 is 0 Å². The minimum absolute atomic E-state index is 0.136. The lowest BCUT2D eigenvalue weighted by Crippen LogP contribution is -2.03. The zero-order valence-corrected chi connectivity index (χ0v) is 9.23. The van der Waals surface area contributed by atoms with Crippen LogP contribution in [-0.2, 0) is 6.42 Å². The van der Waals surface area contributed by atoms with Crippen molar-refractivity contribution in [2.75, 3.05) is 0 Å². The van der Waals surface area contributed by atoms with E-state index in [9.17, 15) is 4.39 Å². The largest absolute Gasteiger partial charge is 0.207 e. The number of rotatable bonds is 5. The van der Waals surface area contributed by atoms with Crippen molar-refractivity contribution in [2.45, 2.75) is 38.0 Å². The van der Waals surface area contributed by atoms with Crippen molar-refractivity contribution in [3.8, 4) is 0 Å². The van der Waals surface area contributed by atoms with Crippen molar-refractivity contribution < 1.29 is 4.39 Å². The van der Waals surface area contributed by atoms with Gasteiger partial charge in [-0.05, 0) is 30.5 Å². The summed E-state index contributed by atoms with van der Waals surface area (Å²) in [5, 5.41) is 0.136. The van der Waals surface area contributed by atoms with E-state index < -0.39 is 0 Å². The fourth-order valence-electron chi connectivity index (χ4n) is 1.45. The quantitative estimate of drug-likeness (QED) is 0.646. The van der Waals surface area contributed by atoms with Gasteiger partial charge >= 0.3 is 0 Å². The molecule has 0 spiro atoms. The number of benzene rings is 1. The maximum atomic E-state index is 12.8. The van der Waals surface area contributed by atoms with Gasteiger partial charge in [-0.3, -0.25) is 0 Å². The highest BCUT2D eigenvalue weighted by molar-refractivity contribution is 6.20. The van der Waals surface area contributed by atoms with Gasteiger partial charge in [0, 0.05) is 5.38 Å². The van der Waals surface area contributed by atoms with Crippen LogP contribution in [0, 0.1) is 5.82 Å². The first-order chi connectivity index (χ1) is 6.72. The van der Waals surface area contributed by atoms with Crippen LogP contribution in [0.1, 0.15) is 31.7 Å². The van der Waals surface area contributed by atoms with E-state index >= 15 is 0 Å². The van der Waals surface area contributed by atoms with Crippen LogP contribution in [0.15, 0.2) is 24.3 Å². The van der Waals surface area contributed by atoms with Crippen molar-refractivity contribution in [1.82, 2.24) is 0 Å². The van der Waals surface area contributed by atoms with Crippen LogP contribution in [0.4, 0.5) is 4.39 Å². The third-order valence-corrected chi connectivity index (χ3v) is 2.59. The number of unbranched alkanes of at least 4 members (excludes halogenated alkanes) is 1. The second-order valence-corrected chi connectivity index (χ2v) is 4.19. The van der Waals surface area contributed by atoms with Crippen molar-refractivity contribution >= 4 is 11.6 Å². The molecule has 0 N–H and O–H groups in total. The van der Waals surface area contributed by atoms with Crippen LogP contribution in [0.25, 0.3) is 0 Å². The lowest BCUT2D eigenvalue weighted by molar-refractivity contribution is 0.622. The van der Waals surface area contributed by atoms with E-state index in [0.29, 0.717) is 0 Å². The number of halogens is 2. The van der Waals surface area contributed by atoms with Crippen molar-refractivity contribution in [2.24, 2.45) is 0 Å². The molecule has 0 fully saturated rings. The van der Waals surface area contributed by atoms with Crippen molar-refractivity contribution in [3.05, 3.63) is 35.6 Å². The zero-order valence-electron chi connectivity index (χ0n) is 8.47. The average Bonchev–Trinajstić information content (AvgIpc) is 2.15. The van der Waals surface area contributed by atoms with E-state index in [1.165, 1.54) is 6.07 Å². The number of hydrogen-bond acceptors (Lipinski definition) is 0. The van der Waals surface area contributed by atoms with Crippen LogP contribution in [0.2, 0.25) is 0 Å². The Hall–Kier alpha value is -0.560. The van der Waals surface area contributed by atoms with Gasteiger partial charge in [0.25, 0.3) is 0 Å². The highest BCUT2D eigenvalue weighted by atomic mass is 35.5. The SMILES string of the molecule is CCCCC(Cl)Cc1cccc(F)c1. The van der Waals surface area contributed by atoms with Gasteiger partial charge < -0.3 is 0 Å². The first-order valence-electron chi connectivity index (χ1n) is 5.11. The van der Waals surface area contributed by atoms with Crippen LogP contribution >= 0.6 is 11.6 Å². The summed E-state index contributed by atoms with van der Waals surface area (Å²) < 4.78 is 12.8. The van der Waals surface area contributed by atoms with E-state index in [1.807, 2.05) is 6.07 Å². The molecule has 14 heavy (non-hydrogen) atoms. The zero-order chi connectivity index (χ0) is 10.4. The molecule has 2 heteroatoms. The number of hydrogen-bond donors (Lipinski definition) is 0. The first-order valence-corrected chi connectivity index (χ1v) is 5.54. The topological polar surface area (TPSA) is 0 Å². The molecule has 0 aliphatic carbocycles. The van der Waals surface area contributed by atoms with Crippen LogP contribution in [0.5, 0.6) is 0 Å². The average molecular weight is 215 g/mol. The second-order valence-electron chi connectivity index (χ2n) is 3.57. The van der Waals surface area contributed by atoms with Crippen molar-refractivity contribution in [1.29, 1.82) is 0 Å². The van der Waals surface area contributed by atoms with Gasteiger partial charge in [0.2, 0.25) is 0 Å². The Labute approximate surface area is 90.1 Å². The van der Waals surface area contributed by atoms with E-state index in [1.54, 1.807) is 12.1 Å². The Morgan fingerprint density at radius 3 is 2.86 bits per heavy atom. The van der Waals surface area contributed by atoms with Gasteiger partial charge in [-0.25, -0.2) is 4.39 Å². The molecule has 0 amide bonds. The Bertz CT molecular complexity index is 273. The summed E-state index contributed by atoms with van der Waals surface area (Å²) in [6, 6.07) is 6.67. The highest BCUT2D eigenvalue weighted by Crippen LogP contribution is 2.14. The normalized spacial score (nSPS) is 12.8.